The van der Waals surface area contributed by atoms with E-state index in [0.29, 0.717) is 12.0 Å². The summed E-state index contributed by atoms with van der Waals surface area (Å²) in [6.07, 6.45) is 4.49. The lowest BCUT2D eigenvalue weighted by Gasteiger charge is -2.25. The van der Waals surface area contributed by atoms with E-state index < -0.39 is 47.9 Å². The third-order valence-corrected chi connectivity index (χ3v) is 8.33. The Hall–Kier alpha value is -6.10. The summed E-state index contributed by atoms with van der Waals surface area (Å²) in [5, 5.41) is 19.8. The molecule has 2 heterocycles. The van der Waals surface area contributed by atoms with Gasteiger partial charge >= 0.3 is 5.97 Å². The van der Waals surface area contributed by atoms with Gasteiger partial charge in [-0.15, -0.1) is 0 Å². The maximum absolute atomic E-state index is 14.0. The molecule has 2 aromatic heterocycles. The number of aromatic nitrogens is 2. The Bertz CT molecular complexity index is 1880. The number of fused-ring (bicyclic) bond motifs is 2. The Morgan fingerprint density at radius 2 is 1.10 bits per heavy atom. The first-order valence-electron chi connectivity index (χ1n) is 16.5. The Morgan fingerprint density at radius 1 is 0.647 bits per heavy atom. The van der Waals surface area contributed by atoms with Crippen LogP contribution in [0, 0.1) is 0 Å². The van der Waals surface area contributed by atoms with E-state index in [2.05, 4.69) is 35.9 Å². The summed E-state index contributed by atoms with van der Waals surface area (Å²) in [6, 6.07) is 10.2. The average molecular weight is 703 g/mol. The lowest BCUT2D eigenvalue weighted by molar-refractivity contribution is -0.142. The first-order valence-corrected chi connectivity index (χ1v) is 16.5. The van der Waals surface area contributed by atoms with Crippen LogP contribution in [0.15, 0.2) is 70.9 Å². The molecule has 0 bridgehead atoms. The summed E-state index contributed by atoms with van der Waals surface area (Å²) in [4.78, 5) is 67.4. The van der Waals surface area contributed by atoms with Gasteiger partial charge in [-0.1, -0.05) is 36.4 Å². The van der Waals surface area contributed by atoms with Crippen molar-refractivity contribution < 1.29 is 24.3 Å². The van der Waals surface area contributed by atoms with Gasteiger partial charge in [0.15, 0.2) is 11.9 Å². The second kappa shape index (κ2) is 18.1. The molecule has 0 aliphatic rings. The molecule has 2 aromatic carbocycles. The van der Waals surface area contributed by atoms with Crippen LogP contribution >= 0.6 is 0 Å². The largest absolute Gasteiger partial charge is 0.480 e. The third kappa shape index (κ3) is 10.9. The van der Waals surface area contributed by atoms with Crippen molar-refractivity contribution in [1.29, 1.82) is 0 Å². The zero-order valence-corrected chi connectivity index (χ0v) is 28.1. The number of carbonyl (C=O) groups excluding carboxylic acids is 3. The number of nitrogens with one attached hydrogen (secondary N) is 5. The number of nitrogens with two attached hydrogens (primary N) is 5. The lowest BCUT2D eigenvalue weighted by Crippen LogP contribution is -2.57. The van der Waals surface area contributed by atoms with E-state index in [1.54, 1.807) is 12.4 Å². The second-order valence-corrected chi connectivity index (χ2v) is 12.2. The van der Waals surface area contributed by atoms with E-state index in [-0.39, 0.29) is 57.1 Å². The summed E-state index contributed by atoms with van der Waals surface area (Å²) >= 11 is 0. The number of amides is 3. The number of H-pyrrole nitrogens is 2. The molecule has 16 N–H and O–H groups in total. The number of rotatable bonds is 19. The Labute approximate surface area is 293 Å². The summed E-state index contributed by atoms with van der Waals surface area (Å²) in [6.45, 7) is 0.431. The van der Waals surface area contributed by atoms with Crippen LogP contribution in [0.2, 0.25) is 0 Å². The quantitative estimate of drug-likeness (QED) is 0.0335. The van der Waals surface area contributed by atoms with Crippen LogP contribution in [-0.4, -0.2) is 87.9 Å². The molecule has 17 heteroatoms. The normalized spacial score (nSPS) is 13.4. The van der Waals surface area contributed by atoms with Crippen LogP contribution in [0.3, 0.4) is 0 Å². The number of aliphatic carboxylic acids is 1. The standard InChI is InChI=1S/C34H46N12O5/c35-23(9-5-13-40-33(36)37)29(47)45-27(15-19-17-42-24-10-3-1-7-21(19)24)31(49)44-26(12-6-14-41-34(38)39)30(48)46-28(32(50)51)16-20-18-43-25-11-4-2-8-22(20)25/h1-4,7-8,10-11,17-18,23,26-28,42-43H,5-6,9,12-16,35H2,(H,44,49)(H,45,47)(H,46,48)(H,50,51)(H4,36,37,40)(H4,38,39,41). The molecule has 3 amide bonds. The molecule has 0 fully saturated rings. The summed E-state index contributed by atoms with van der Waals surface area (Å²) in [5.74, 6) is -3.45. The van der Waals surface area contributed by atoms with Gasteiger partial charge in [0.1, 0.15) is 18.1 Å². The highest BCUT2D eigenvalue weighted by Crippen LogP contribution is 2.21. The van der Waals surface area contributed by atoms with E-state index >= 15 is 0 Å². The maximum Gasteiger partial charge on any atom is 0.326 e. The lowest BCUT2D eigenvalue weighted by atomic mass is 10.0. The van der Waals surface area contributed by atoms with Crippen molar-refractivity contribution in [2.24, 2.45) is 38.7 Å². The van der Waals surface area contributed by atoms with Crippen molar-refractivity contribution >= 4 is 57.4 Å². The molecular formula is C34H46N12O5. The minimum Gasteiger partial charge on any atom is -0.480 e. The van der Waals surface area contributed by atoms with Crippen LogP contribution in [0.1, 0.15) is 36.8 Å². The molecule has 4 atom stereocenters. The van der Waals surface area contributed by atoms with Crippen molar-refractivity contribution in [3.63, 3.8) is 0 Å². The zero-order chi connectivity index (χ0) is 36.9. The average Bonchev–Trinajstić information content (AvgIpc) is 3.70. The van der Waals surface area contributed by atoms with E-state index in [1.807, 2.05) is 48.5 Å². The van der Waals surface area contributed by atoms with Crippen molar-refractivity contribution in [2.45, 2.75) is 62.7 Å². The SMILES string of the molecule is NC(N)=NCCCC(N)C(=O)NC(Cc1c[nH]c2ccccc12)C(=O)NC(CCCN=C(N)N)C(=O)NC(Cc1c[nH]c2ccccc12)C(=O)O. The molecule has 4 rings (SSSR count). The monoisotopic (exact) mass is 702 g/mol. The minimum atomic E-state index is -1.31. The van der Waals surface area contributed by atoms with Crippen LogP contribution in [0.4, 0.5) is 0 Å². The number of hydrogen-bond acceptors (Lipinski definition) is 7. The highest BCUT2D eigenvalue weighted by molar-refractivity contribution is 5.95. The fraction of sp³-hybridized carbons (Fsp3) is 0.353. The molecule has 51 heavy (non-hydrogen) atoms. The topological polar surface area (TPSA) is 311 Å². The maximum atomic E-state index is 14.0. The van der Waals surface area contributed by atoms with Crippen LogP contribution < -0.4 is 44.6 Å². The number of guanidine groups is 2. The molecule has 0 aliphatic heterocycles. The van der Waals surface area contributed by atoms with Gasteiger partial charge in [-0.05, 0) is 48.9 Å². The molecular weight excluding hydrogens is 656 g/mol. The number of carbonyl (C=O) groups is 4. The number of carboxylic acid groups (broad SMARTS) is 1. The van der Waals surface area contributed by atoms with Gasteiger partial charge in [0.05, 0.1) is 6.04 Å². The van der Waals surface area contributed by atoms with Gasteiger partial charge in [-0.3, -0.25) is 24.4 Å². The highest BCUT2D eigenvalue weighted by Gasteiger charge is 2.31. The minimum absolute atomic E-state index is 0.0138. The van der Waals surface area contributed by atoms with Crippen LogP contribution in [0.25, 0.3) is 21.8 Å². The number of hydrogen-bond donors (Lipinski definition) is 11. The molecule has 0 spiro atoms. The van der Waals surface area contributed by atoms with E-state index in [0.717, 1.165) is 27.4 Å². The van der Waals surface area contributed by atoms with Gasteiger partial charge in [0.2, 0.25) is 17.7 Å². The molecule has 0 saturated carbocycles. The molecule has 272 valence electrons. The van der Waals surface area contributed by atoms with E-state index in [1.165, 1.54) is 0 Å². The summed E-state index contributed by atoms with van der Waals surface area (Å²) < 4.78 is 0. The van der Waals surface area contributed by atoms with Crippen LogP contribution in [-0.2, 0) is 32.0 Å². The van der Waals surface area contributed by atoms with Gasteiger partial charge in [0, 0.05) is 60.1 Å². The third-order valence-electron chi connectivity index (χ3n) is 8.33. The van der Waals surface area contributed by atoms with Crippen molar-refractivity contribution in [3.05, 3.63) is 72.1 Å². The predicted molar refractivity (Wildman–Crippen MR) is 195 cm³/mol. The van der Waals surface area contributed by atoms with Crippen molar-refractivity contribution in [1.82, 2.24) is 25.9 Å². The zero-order valence-electron chi connectivity index (χ0n) is 28.1. The summed E-state index contributed by atoms with van der Waals surface area (Å²) in [5.41, 5.74) is 30.9. The van der Waals surface area contributed by atoms with Gasteiger partial charge in [0.25, 0.3) is 0 Å². The fourth-order valence-corrected chi connectivity index (χ4v) is 5.70. The summed E-state index contributed by atoms with van der Waals surface area (Å²) in [7, 11) is 0. The molecule has 17 nitrogen and oxygen atoms in total. The van der Waals surface area contributed by atoms with Gasteiger partial charge in [-0.2, -0.15) is 0 Å². The predicted octanol–water partition coefficient (Wildman–Crippen LogP) is -0.592. The van der Waals surface area contributed by atoms with Crippen molar-refractivity contribution in [3.8, 4) is 0 Å². The first-order chi connectivity index (χ1) is 24.4. The van der Waals surface area contributed by atoms with Gasteiger partial charge in [-0.25, -0.2) is 4.79 Å². The van der Waals surface area contributed by atoms with E-state index in [9.17, 15) is 24.3 Å². The fourth-order valence-electron chi connectivity index (χ4n) is 5.70. The number of aliphatic imine (C=N–C) groups is 2. The van der Waals surface area contributed by atoms with Crippen LogP contribution in [0.5, 0.6) is 0 Å². The number of nitrogens with zero attached hydrogens (tertiary/aromatic N) is 2. The number of para-hydroxylation sites is 2. The molecule has 0 saturated heterocycles. The van der Waals surface area contributed by atoms with Crippen molar-refractivity contribution in [2.75, 3.05) is 13.1 Å². The molecule has 0 aliphatic carbocycles. The van der Waals surface area contributed by atoms with Gasteiger partial charge < -0.3 is 59.7 Å². The second-order valence-electron chi connectivity index (χ2n) is 12.2. The number of carboxylic acids is 1. The molecule has 4 aromatic rings. The smallest absolute Gasteiger partial charge is 0.326 e. The molecule has 0 radical (unpaired) electrons. The Morgan fingerprint density at radius 3 is 1.63 bits per heavy atom. The Kier molecular flexibility index (Phi) is 13.3. The van der Waals surface area contributed by atoms with E-state index in [4.69, 9.17) is 28.7 Å². The number of benzene rings is 2. The highest BCUT2D eigenvalue weighted by atomic mass is 16.4. The molecule has 4 unspecified atom stereocenters. The number of aromatic amines is 2. The first kappa shape index (κ1) is 37.7. The Balaban J connectivity index is 1.54.